The van der Waals surface area contributed by atoms with Gasteiger partial charge in [0.2, 0.25) is 0 Å². The number of carbonyl (C=O) groups excluding carboxylic acids is 1. The molecule has 0 aliphatic heterocycles. The molecular weight excluding hydrogens is 354 g/mol. The quantitative estimate of drug-likeness (QED) is 0.644. The molecule has 2 N–H and O–H groups in total. The summed E-state index contributed by atoms with van der Waals surface area (Å²) in [6.07, 6.45) is -0.856. The fourth-order valence-corrected chi connectivity index (χ4v) is 2.89. The highest BCUT2D eigenvalue weighted by atomic mass is 35.5. The molecule has 2 aromatic carbocycles. The topological polar surface area (TPSA) is 84.3 Å². The summed E-state index contributed by atoms with van der Waals surface area (Å²) < 4.78 is 5.06. The number of anilines is 1. The number of nitrogens with zero attached hydrogens (tertiary/aromatic N) is 2. The van der Waals surface area contributed by atoms with Crippen LogP contribution in [-0.4, -0.2) is 34.4 Å². The highest BCUT2D eigenvalue weighted by Crippen LogP contribution is 2.27. The number of fused-ring (bicyclic) bond motifs is 1. The number of nitrogens with one attached hydrogen (secondary N) is 1. The number of aromatic nitrogens is 2. The van der Waals surface area contributed by atoms with E-state index in [4.69, 9.17) is 16.3 Å². The van der Waals surface area contributed by atoms with Crippen molar-refractivity contribution in [2.45, 2.75) is 13.0 Å². The zero-order chi connectivity index (χ0) is 18.5. The first-order valence-electron chi connectivity index (χ1n) is 8.20. The molecule has 1 atom stereocenters. The van der Waals surface area contributed by atoms with Gasteiger partial charge in [-0.1, -0.05) is 48.0 Å². The molecule has 1 aromatic heterocycles. The Hall–Kier alpha value is -2.70. The van der Waals surface area contributed by atoms with Crippen molar-refractivity contribution in [1.82, 2.24) is 10.2 Å². The van der Waals surface area contributed by atoms with Gasteiger partial charge in [0, 0.05) is 22.5 Å². The molecule has 0 saturated heterocycles. The van der Waals surface area contributed by atoms with E-state index >= 15 is 0 Å². The standard InChI is InChI=1S/C19H18ClN3O3/c1-2-26-19(25)18-17(13-8-4-6-10-15(13)22-23-18)21-11-16(24)12-7-3-5-9-14(12)20/h3-10,16,24H,2,11H2,1H3,(H,21,22). The Labute approximate surface area is 155 Å². The summed E-state index contributed by atoms with van der Waals surface area (Å²) in [5, 5.41) is 22.8. The molecule has 6 nitrogen and oxygen atoms in total. The van der Waals surface area contributed by atoms with Gasteiger partial charge in [-0.15, -0.1) is 10.2 Å². The number of benzene rings is 2. The monoisotopic (exact) mass is 371 g/mol. The zero-order valence-electron chi connectivity index (χ0n) is 14.1. The molecule has 0 radical (unpaired) electrons. The van der Waals surface area contributed by atoms with Gasteiger partial charge in [-0.05, 0) is 19.1 Å². The number of hydrogen-bond acceptors (Lipinski definition) is 6. The van der Waals surface area contributed by atoms with Crippen LogP contribution in [0.2, 0.25) is 5.02 Å². The highest BCUT2D eigenvalue weighted by molar-refractivity contribution is 6.31. The average molecular weight is 372 g/mol. The summed E-state index contributed by atoms with van der Waals surface area (Å²) in [6.45, 7) is 2.10. The first kappa shape index (κ1) is 18.1. The molecule has 3 aromatic rings. The lowest BCUT2D eigenvalue weighted by molar-refractivity contribution is 0.0519. The van der Waals surface area contributed by atoms with E-state index in [-0.39, 0.29) is 18.8 Å². The molecule has 7 heteroatoms. The van der Waals surface area contributed by atoms with Crippen molar-refractivity contribution >= 4 is 34.2 Å². The van der Waals surface area contributed by atoms with Crippen LogP contribution in [0, 0.1) is 0 Å². The van der Waals surface area contributed by atoms with Gasteiger partial charge < -0.3 is 15.2 Å². The molecule has 0 bridgehead atoms. The summed E-state index contributed by atoms with van der Waals surface area (Å²) in [5.74, 6) is -0.569. The number of rotatable bonds is 6. The van der Waals surface area contributed by atoms with Crippen molar-refractivity contribution in [3.05, 3.63) is 64.8 Å². The molecule has 0 amide bonds. The van der Waals surface area contributed by atoms with E-state index in [1.807, 2.05) is 18.2 Å². The van der Waals surface area contributed by atoms with Crippen LogP contribution in [0.4, 0.5) is 5.69 Å². The minimum absolute atomic E-state index is 0.0805. The predicted octanol–water partition coefficient (Wildman–Crippen LogP) is 3.61. The van der Waals surface area contributed by atoms with Crippen molar-refractivity contribution in [2.75, 3.05) is 18.5 Å². The molecule has 0 aliphatic carbocycles. The number of ether oxygens (including phenoxy) is 1. The van der Waals surface area contributed by atoms with Crippen molar-refractivity contribution in [1.29, 1.82) is 0 Å². The van der Waals surface area contributed by atoms with Gasteiger partial charge in [0.25, 0.3) is 0 Å². The zero-order valence-corrected chi connectivity index (χ0v) is 14.9. The first-order chi connectivity index (χ1) is 12.6. The van der Waals surface area contributed by atoms with Crippen molar-refractivity contribution in [3.63, 3.8) is 0 Å². The lowest BCUT2D eigenvalue weighted by Crippen LogP contribution is -2.17. The number of esters is 1. The van der Waals surface area contributed by atoms with Gasteiger partial charge in [0.15, 0.2) is 5.69 Å². The van der Waals surface area contributed by atoms with Gasteiger partial charge >= 0.3 is 5.97 Å². The SMILES string of the molecule is CCOC(=O)c1nnc2ccccc2c1NCC(O)c1ccccc1Cl. The maximum Gasteiger partial charge on any atom is 0.361 e. The van der Waals surface area contributed by atoms with Gasteiger partial charge in [-0.3, -0.25) is 0 Å². The van der Waals surface area contributed by atoms with E-state index in [1.165, 1.54) is 0 Å². The van der Waals surface area contributed by atoms with Crippen molar-refractivity contribution in [2.24, 2.45) is 0 Å². The van der Waals surface area contributed by atoms with E-state index < -0.39 is 12.1 Å². The molecule has 0 saturated carbocycles. The van der Waals surface area contributed by atoms with Crippen LogP contribution in [0.25, 0.3) is 10.9 Å². The van der Waals surface area contributed by atoms with E-state index in [9.17, 15) is 9.90 Å². The summed E-state index contributed by atoms with van der Waals surface area (Å²) in [4.78, 5) is 12.2. The number of hydrogen-bond donors (Lipinski definition) is 2. The Balaban J connectivity index is 1.93. The largest absolute Gasteiger partial charge is 0.461 e. The molecule has 1 heterocycles. The van der Waals surface area contributed by atoms with E-state index in [0.29, 0.717) is 21.8 Å². The third kappa shape index (κ3) is 3.76. The smallest absolute Gasteiger partial charge is 0.361 e. The summed E-state index contributed by atoms with van der Waals surface area (Å²) in [7, 11) is 0. The second-order valence-electron chi connectivity index (χ2n) is 5.58. The summed E-state index contributed by atoms with van der Waals surface area (Å²) in [6, 6.07) is 14.4. The van der Waals surface area contributed by atoms with Crippen LogP contribution in [0.5, 0.6) is 0 Å². The Morgan fingerprint density at radius 3 is 2.69 bits per heavy atom. The van der Waals surface area contributed by atoms with Crippen LogP contribution in [0.1, 0.15) is 29.1 Å². The van der Waals surface area contributed by atoms with E-state index in [0.717, 1.165) is 5.39 Å². The molecular formula is C19H18ClN3O3. The minimum Gasteiger partial charge on any atom is -0.461 e. The number of carbonyl (C=O) groups is 1. The Kier molecular flexibility index (Phi) is 5.65. The maximum absolute atomic E-state index is 12.2. The second kappa shape index (κ2) is 8.12. The van der Waals surface area contributed by atoms with E-state index in [2.05, 4.69) is 15.5 Å². The lowest BCUT2D eigenvalue weighted by atomic mass is 10.1. The lowest BCUT2D eigenvalue weighted by Gasteiger charge is -2.17. The molecule has 1 unspecified atom stereocenters. The van der Waals surface area contributed by atoms with Crippen LogP contribution >= 0.6 is 11.6 Å². The highest BCUT2D eigenvalue weighted by Gasteiger charge is 2.20. The third-order valence-corrected chi connectivity index (χ3v) is 4.22. The average Bonchev–Trinajstić information content (AvgIpc) is 2.66. The normalized spacial score (nSPS) is 12.0. The van der Waals surface area contributed by atoms with Crippen LogP contribution in [0.15, 0.2) is 48.5 Å². The fraction of sp³-hybridized carbons (Fsp3) is 0.211. The Morgan fingerprint density at radius 1 is 1.19 bits per heavy atom. The number of halogens is 1. The predicted molar refractivity (Wildman–Crippen MR) is 100 cm³/mol. The molecule has 134 valence electrons. The van der Waals surface area contributed by atoms with Gasteiger partial charge in [0.05, 0.1) is 23.9 Å². The van der Waals surface area contributed by atoms with Gasteiger partial charge in [-0.2, -0.15) is 0 Å². The minimum atomic E-state index is -0.856. The fourth-order valence-electron chi connectivity index (χ4n) is 2.63. The molecule has 26 heavy (non-hydrogen) atoms. The van der Waals surface area contributed by atoms with E-state index in [1.54, 1.807) is 37.3 Å². The van der Waals surface area contributed by atoms with Crippen LogP contribution < -0.4 is 5.32 Å². The van der Waals surface area contributed by atoms with Crippen LogP contribution in [-0.2, 0) is 4.74 Å². The third-order valence-electron chi connectivity index (χ3n) is 3.87. The van der Waals surface area contributed by atoms with Crippen molar-refractivity contribution < 1.29 is 14.6 Å². The summed E-state index contributed by atoms with van der Waals surface area (Å²) >= 11 is 6.13. The molecule has 0 fully saturated rings. The number of aliphatic hydroxyl groups excluding tert-OH is 1. The Morgan fingerprint density at radius 2 is 1.92 bits per heavy atom. The Bertz CT molecular complexity index is 933. The molecule has 0 spiro atoms. The van der Waals surface area contributed by atoms with Gasteiger partial charge in [0.1, 0.15) is 0 Å². The first-order valence-corrected chi connectivity index (χ1v) is 8.58. The van der Waals surface area contributed by atoms with Gasteiger partial charge in [-0.25, -0.2) is 4.79 Å². The van der Waals surface area contributed by atoms with Crippen molar-refractivity contribution in [3.8, 4) is 0 Å². The molecule has 3 rings (SSSR count). The second-order valence-corrected chi connectivity index (χ2v) is 5.99. The summed E-state index contributed by atoms with van der Waals surface area (Å²) in [5.41, 5.74) is 1.79. The maximum atomic E-state index is 12.2. The van der Waals surface area contributed by atoms with Crippen LogP contribution in [0.3, 0.4) is 0 Å². The molecule has 0 aliphatic rings. The number of aliphatic hydroxyl groups is 1.